The summed E-state index contributed by atoms with van der Waals surface area (Å²) in [5.41, 5.74) is 0. The van der Waals surface area contributed by atoms with Crippen LogP contribution in [0.2, 0.25) is 0 Å². The Bertz CT molecular complexity index is 182. The molecule has 1 heterocycles. The minimum absolute atomic E-state index is 0.0513. The van der Waals surface area contributed by atoms with Crippen molar-refractivity contribution in [1.82, 2.24) is 0 Å². The zero-order chi connectivity index (χ0) is 11.6. The molecule has 0 aromatic heterocycles. The van der Waals surface area contributed by atoms with Gasteiger partial charge in [-0.2, -0.15) is 0 Å². The van der Waals surface area contributed by atoms with E-state index >= 15 is 0 Å². The molecule has 1 rings (SSSR count). The Morgan fingerprint density at radius 2 is 2.00 bits per heavy atom. The van der Waals surface area contributed by atoms with E-state index in [1.165, 1.54) is 25.7 Å². The molecule has 0 aromatic rings. The van der Waals surface area contributed by atoms with Crippen molar-refractivity contribution in [1.29, 1.82) is 0 Å². The number of carbonyl (C=O) groups is 1. The van der Waals surface area contributed by atoms with Gasteiger partial charge in [-0.3, -0.25) is 4.79 Å². The quantitative estimate of drug-likeness (QED) is 0.696. The van der Waals surface area contributed by atoms with E-state index < -0.39 is 0 Å². The van der Waals surface area contributed by atoms with Crippen LogP contribution in [0.3, 0.4) is 0 Å². The molecule has 94 valence electrons. The Morgan fingerprint density at radius 1 is 1.19 bits per heavy atom. The Kier molecular flexibility index (Phi) is 7.23. The Morgan fingerprint density at radius 3 is 2.81 bits per heavy atom. The molecule has 0 saturated carbocycles. The van der Waals surface area contributed by atoms with E-state index in [4.69, 9.17) is 9.47 Å². The van der Waals surface area contributed by atoms with Gasteiger partial charge in [-0.05, 0) is 25.7 Å². The second-order valence-electron chi connectivity index (χ2n) is 4.47. The molecular formula is C13H24O3. The highest BCUT2D eigenvalue weighted by molar-refractivity contribution is 5.69. The minimum Gasteiger partial charge on any atom is -0.462 e. The summed E-state index contributed by atoms with van der Waals surface area (Å²) in [5.74, 6) is -0.0513. The maximum Gasteiger partial charge on any atom is 0.306 e. The number of carbonyl (C=O) groups excluding carboxylic acids is 1. The smallest absolute Gasteiger partial charge is 0.306 e. The maximum absolute atomic E-state index is 11.4. The van der Waals surface area contributed by atoms with Crippen molar-refractivity contribution in [2.45, 2.75) is 64.4 Å². The molecule has 0 spiro atoms. The number of hydrogen-bond acceptors (Lipinski definition) is 3. The first-order valence-electron chi connectivity index (χ1n) is 6.60. The molecule has 1 saturated heterocycles. The summed E-state index contributed by atoms with van der Waals surface area (Å²) in [4.78, 5) is 11.4. The molecule has 16 heavy (non-hydrogen) atoms. The summed E-state index contributed by atoms with van der Waals surface area (Å²) >= 11 is 0. The van der Waals surface area contributed by atoms with Crippen molar-refractivity contribution in [3.05, 3.63) is 0 Å². The van der Waals surface area contributed by atoms with Crippen LogP contribution >= 0.6 is 0 Å². The van der Waals surface area contributed by atoms with Crippen LogP contribution in [0.15, 0.2) is 0 Å². The molecule has 0 aromatic carbocycles. The average Bonchev–Trinajstić information content (AvgIpc) is 2.27. The molecule has 3 nitrogen and oxygen atoms in total. The first kappa shape index (κ1) is 13.5. The van der Waals surface area contributed by atoms with Crippen LogP contribution in [-0.2, 0) is 14.3 Å². The fourth-order valence-electron chi connectivity index (χ4n) is 1.96. The lowest BCUT2D eigenvalue weighted by Gasteiger charge is -2.19. The van der Waals surface area contributed by atoms with Gasteiger partial charge in [0.15, 0.2) is 0 Å². The van der Waals surface area contributed by atoms with Gasteiger partial charge in [-0.25, -0.2) is 0 Å². The summed E-state index contributed by atoms with van der Waals surface area (Å²) in [5, 5.41) is 0. The molecule has 0 aliphatic carbocycles. The lowest BCUT2D eigenvalue weighted by molar-refractivity contribution is -0.150. The molecule has 1 unspecified atom stereocenters. The van der Waals surface area contributed by atoms with Gasteiger partial charge in [-0.1, -0.05) is 19.8 Å². The van der Waals surface area contributed by atoms with E-state index in [0.717, 1.165) is 32.5 Å². The third-order valence-electron chi connectivity index (χ3n) is 2.90. The molecule has 1 aliphatic heterocycles. The van der Waals surface area contributed by atoms with Gasteiger partial charge in [0.05, 0.1) is 6.61 Å². The highest BCUT2D eigenvalue weighted by Gasteiger charge is 2.14. The predicted molar refractivity (Wildman–Crippen MR) is 63.3 cm³/mol. The largest absolute Gasteiger partial charge is 0.462 e. The Labute approximate surface area is 98.5 Å². The molecule has 0 bridgehead atoms. The Balaban J connectivity index is 2.27. The highest BCUT2D eigenvalue weighted by atomic mass is 16.5. The van der Waals surface area contributed by atoms with Gasteiger partial charge in [0.1, 0.15) is 6.10 Å². The second-order valence-corrected chi connectivity index (χ2v) is 4.47. The number of esters is 1. The molecule has 1 atom stereocenters. The Hall–Kier alpha value is -0.570. The molecule has 0 N–H and O–H groups in total. The number of ether oxygens (including phenoxy) is 2. The number of rotatable bonds is 3. The predicted octanol–water partition coefficient (Wildman–Crippen LogP) is 3.07. The molecule has 1 fully saturated rings. The lowest BCUT2D eigenvalue weighted by Crippen LogP contribution is -2.20. The zero-order valence-electron chi connectivity index (χ0n) is 10.4. The normalized spacial score (nSPS) is 23.7. The van der Waals surface area contributed by atoms with E-state index in [2.05, 4.69) is 0 Å². The van der Waals surface area contributed by atoms with Crippen LogP contribution in [-0.4, -0.2) is 25.3 Å². The molecule has 1 aliphatic rings. The van der Waals surface area contributed by atoms with Crippen molar-refractivity contribution in [2.24, 2.45) is 0 Å². The van der Waals surface area contributed by atoms with E-state index in [9.17, 15) is 4.79 Å². The van der Waals surface area contributed by atoms with Crippen LogP contribution in [0, 0.1) is 0 Å². The number of hydrogen-bond donors (Lipinski definition) is 0. The van der Waals surface area contributed by atoms with Gasteiger partial charge in [-0.15, -0.1) is 0 Å². The van der Waals surface area contributed by atoms with Crippen molar-refractivity contribution in [3.8, 4) is 0 Å². The third kappa shape index (κ3) is 6.11. The summed E-state index contributed by atoms with van der Waals surface area (Å²) in [6.07, 6.45) is 8.14. The lowest BCUT2D eigenvalue weighted by atomic mass is 10.1. The van der Waals surface area contributed by atoms with Crippen molar-refractivity contribution in [2.75, 3.05) is 13.2 Å². The minimum atomic E-state index is -0.0513. The van der Waals surface area contributed by atoms with Crippen LogP contribution in [0.4, 0.5) is 0 Å². The first-order valence-corrected chi connectivity index (χ1v) is 6.60. The van der Waals surface area contributed by atoms with Gasteiger partial charge >= 0.3 is 5.97 Å². The fraction of sp³-hybridized carbons (Fsp3) is 0.923. The fourth-order valence-corrected chi connectivity index (χ4v) is 1.96. The van der Waals surface area contributed by atoms with Crippen LogP contribution in [0.1, 0.15) is 58.3 Å². The average molecular weight is 228 g/mol. The maximum atomic E-state index is 11.4. The molecule has 3 heteroatoms. The molecular weight excluding hydrogens is 204 g/mol. The van der Waals surface area contributed by atoms with E-state index in [0.29, 0.717) is 6.42 Å². The first-order chi connectivity index (χ1) is 7.83. The summed E-state index contributed by atoms with van der Waals surface area (Å²) in [6.45, 7) is 3.58. The van der Waals surface area contributed by atoms with Crippen molar-refractivity contribution in [3.63, 3.8) is 0 Å². The highest BCUT2D eigenvalue weighted by Crippen LogP contribution is 2.14. The van der Waals surface area contributed by atoms with Crippen molar-refractivity contribution < 1.29 is 14.3 Å². The molecule has 0 amide bonds. The van der Waals surface area contributed by atoms with Crippen LogP contribution in [0.5, 0.6) is 0 Å². The van der Waals surface area contributed by atoms with Crippen LogP contribution < -0.4 is 0 Å². The van der Waals surface area contributed by atoms with E-state index in [1.54, 1.807) is 0 Å². The van der Waals surface area contributed by atoms with Gasteiger partial charge in [0.2, 0.25) is 0 Å². The monoisotopic (exact) mass is 228 g/mol. The standard InChI is InChI=1S/C13H24O3/c1-2-7-13(14)16-12-8-5-3-4-6-10-15-11-9-12/h12H,2-11H2,1H3. The van der Waals surface area contributed by atoms with Gasteiger partial charge in [0, 0.05) is 19.4 Å². The summed E-state index contributed by atoms with van der Waals surface area (Å²) in [6, 6.07) is 0. The van der Waals surface area contributed by atoms with E-state index in [1.807, 2.05) is 6.92 Å². The molecule has 0 radical (unpaired) electrons. The SMILES string of the molecule is CCCC(=O)OC1CCCCCCOCC1. The summed E-state index contributed by atoms with van der Waals surface area (Å²) < 4.78 is 10.9. The summed E-state index contributed by atoms with van der Waals surface area (Å²) in [7, 11) is 0. The van der Waals surface area contributed by atoms with Gasteiger partial charge in [0.25, 0.3) is 0 Å². The topological polar surface area (TPSA) is 35.5 Å². The third-order valence-corrected chi connectivity index (χ3v) is 2.90. The second kappa shape index (κ2) is 8.57. The zero-order valence-corrected chi connectivity index (χ0v) is 10.4. The van der Waals surface area contributed by atoms with Crippen molar-refractivity contribution >= 4 is 5.97 Å². The van der Waals surface area contributed by atoms with E-state index in [-0.39, 0.29) is 12.1 Å². The van der Waals surface area contributed by atoms with Crippen LogP contribution in [0.25, 0.3) is 0 Å². The van der Waals surface area contributed by atoms with Gasteiger partial charge < -0.3 is 9.47 Å².